The summed E-state index contributed by atoms with van der Waals surface area (Å²) < 4.78 is 26.4. The number of sulfonamides is 1. The molecule has 0 spiro atoms. The van der Waals surface area contributed by atoms with E-state index in [4.69, 9.17) is 21.5 Å². The fourth-order valence-electron chi connectivity index (χ4n) is 0.714. The summed E-state index contributed by atoms with van der Waals surface area (Å²) in [6, 6.07) is 1.18. The molecule has 1 aromatic rings. The summed E-state index contributed by atoms with van der Waals surface area (Å²) in [5, 5.41) is 4.96. The average molecular weight is 223 g/mol. The number of hydrogen-bond acceptors (Lipinski definition) is 4. The van der Waals surface area contributed by atoms with Gasteiger partial charge in [0.1, 0.15) is 9.92 Å². The van der Waals surface area contributed by atoms with Gasteiger partial charge in [0, 0.05) is 0 Å². The predicted molar refractivity (Wildman–Crippen MR) is 47.2 cm³/mol. The number of aromatic nitrogens is 1. The smallest absolute Gasteiger partial charge is 0.239 e. The van der Waals surface area contributed by atoms with Crippen LogP contribution in [-0.4, -0.2) is 20.5 Å². The van der Waals surface area contributed by atoms with Crippen LogP contribution in [-0.2, 0) is 10.0 Å². The van der Waals surface area contributed by atoms with Gasteiger partial charge in [-0.1, -0.05) is 11.6 Å². The van der Waals surface area contributed by atoms with Crippen molar-refractivity contribution >= 4 is 21.6 Å². The summed E-state index contributed by atoms with van der Waals surface area (Å²) in [5.74, 6) is 0.161. The van der Waals surface area contributed by atoms with Gasteiger partial charge in [0.15, 0.2) is 0 Å². The first-order valence-electron chi connectivity index (χ1n) is 3.17. The highest BCUT2D eigenvalue weighted by atomic mass is 35.5. The molecule has 7 heteroatoms. The van der Waals surface area contributed by atoms with Gasteiger partial charge >= 0.3 is 0 Å². The zero-order valence-corrected chi connectivity index (χ0v) is 8.26. The fraction of sp³-hybridized carbons (Fsp3) is 0.167. The first-order valence-corrected chi connectivity index (χ1v) is 5.10. The molecular formula is C6H7ClN2O3S. The van der Waals surface area contributed by atoms with Crippen LogP contribution in [0.5, 0.6) is 5.88 Å². The highest BCUT2D eigenvalue weighted by Gasteiger charge is 2.11. The fourth-order valence-corrected chi connectivity index (χ4v) is 1.50. The highest BCUT2D eigenvalue weighted by molar-refractivity contribution is 7.89. The summed E-state index contributed by atoms with van der Waals surface area (Å²) in [6.45, 7) is 0. The molecular weight excluding hydrogens is 216 g/mol. The Morgan fingerprint density at radius 3 is 2.62 bits per heavy atom. The summed E-state index contributed by atoms with van der Waals surface area (Å²) in [6.07, 6.45) is 1.08. The molecule has 0 atom stereocenters. The van der Waals surface area contributed by atoms with Crippen LogP contribution >= 0.6 is 11.6 Å². The predicted octanol–water partition coefficient (Wildman–Crippen LogP) is 0.391. The molecule has 0 amide bonds. The maximum atomic E-state index is 10.8. The number of hydrogen-bond donors (Lipinski definition) is 1. The lowest BCUT2D eigenvalue weighted by Gasteiger charge is -2.02. The van der Waals surface area contributed by atoms with Crippen molar-refractivity contribution in [1.29, 1.82) is 0 Å². The maximum Gasteiger partial charge on any atom is 0.239 e. The zero-order chi connectivity index (χ0) is 10.1. The molecule has 0 aliphatic rings. The summed E-state index contributed by atoms with van der Waals surface area (Å²) in [4.78, 5) is 3.51. The van der Waals surface area contributed by atoms with Crippen molar-refractivity contribution in [2.75, 3.05) is 7.11 Å². The Morgan fingerprint density at radius 2 is 2.23 bits per heavy atom. The van der Waals surface area contributed by atoms with E-state index >= 15 is 0 Å². The molecule has 0 unspecified atom stereocenters. The van der Waals surface area contributed by atoms with Crippen LogP contribution in [0.2, 0.25) is 5.02 Å². The molecule has 0 bridgehead atoms. The largest absolute Gasteiger partial charge is 0.480 e. The van der Waals surface area contributed by atoms with E-state index in [1.165, 1.54) is 13.2 Å². The molecule has 13 heavy (non-hydrogen) atoms. The number of rotatable bonds is 2. The molecule has 0 saturated heterocycles. The van der Waals surface area contributed by atoms with E-state index in [0.29, 0.717) is 0 Å². The number of ether oxygens (including phenoxy) is 1. The lowest BCUT2D eigenvalue weighted by molar-refractivity contribution is 0.397. The van der Waals surface area contributed by atoms with E-state index in [-0.39, 0.29) is 15.8 Å². The Morgan fingerprint density at radius 1 is 1.62 bits per heavy atom. The van der Waals surface area contributed by atoms with Crippen molar-refractivity contribution < 1.29 is 13.2 Å². The second kappa shape index (κ2) is 3.49. The third-order valence-corrected chi connectivity index (χ3v) is 2.46. The van der Waals surface area contributed by atoms with E-state index in [1.807, 2.05) is 0 Å². The first-order chi connectivity index (χ1) is 5.95. The molecule has 1 aromatic heterocycles. The van der Waals surface area contributed by atoms with E-state index in [0.717, 1.165) is 6.20 Å². The van der Waals surface area contributed by atoms with Gasteiger partial charge in [-0.3, -0.25) is 0 Å². The van der Waals surface area contributed by atoms with Crippen molar-refractivity contribution in [3.05, 3.63) is 17.3 Å². The molecule has 0 saturated carbocycles. The molecule has 1 rings (SSSR count). The van der Waals surface area contributed by atoms with Crippen LogP contribution in [0, 0.1) is 0 Å². The minimum atomic E-state index is -3.75. The van der Waals surface area contributed by atoms with Gasteiger partial charge in [0.2, 0.25) is 15.9 Å². The van der Waals surface area contributed by atoms with E-state index in [1.54, 1.807) is 0 Å². The molecule has 0 aliphatic carbocycles. The van der Waals surface area contributed by atoms with E-state index in [9.17, 15) is 8.42 Å². The third-order valence-electron chi connectivity index (χ3n) is 1.30. The number of primary sulfonamides is 1. The van der Waals surface area contributed by atoms with Crippen molar-refractivity contribution in [3.8, 4) is 5.88 Å². The van der Waals surface area contributed by atoms with Gasteiger partial charge in [-0.05, 0) is 6.07 Å². The quantitative estimate of drug-likeness (QED) is 0.785. The lowest BCUT2D eigenvalue weighted by Crippen LogP contribution is -2.12. The standard InChI is InChI=1S/C6H7ClN2O3S/c1-12-6-5(7)2-4(3-9-6)13(8,10)11/h2-3H,1H3,(H2,8,10,11). The van der Waals surface area contributed by atoms with Gasteiger partial charge in [0.05, 0.1) is 13.3 Å². The SMILES string of the molecule is COc1ncc(S(N)(=O)=O)cc1Cl. The van der Waals surface area contributed by atoms with Crippen molar-refractivity contribution in [1.82, 2.24) is 4.98 Å². The number of nitrogens with zero attached hydrogens (tertiary/aromatic N) is 1. The van der Waals surface area contributed by atoms with Crippen LogP contribution in [0.15, 0.2) is 17.2 Å². The molecule has 0 aliphatic heterocycles. The number of halogens is 1. The summed E-state index contributed by atoms with van der Waals surface area (Å²) in [7, 11) is -2.37. The Kier molecular flexibility index (Phi) is 2.74. The van der Waals surface area contributed by atoms with E-state index < -0.39 is 10.0 Å². The van der Waals surface area contributed by atoms with Crippen LogP contribution in [0.3, 0.4) is 0 Å². The van der Waals surface area contributed by atoms with Gasteiger partial charge in [-0.2, -0.15) is 0 Å². The minimum absolute atomic E-state index is 0.106. The Balaban J connectivity index is 3.26. The second-order valence-corrected chi connectivity index (χ2v) is 4.18. The first kappa shape index (κ1) is 10.2. The van der Waals surface area contributed by atoms with Crippen molar-refractivity contribution in [3.63, 3.8) is 0 Å². The molecule has 0 radical (unpaired) electrons. The number of nitrogens with two attached hydrogens (primary N) is 1. The number of methoxy groups -OCH3 is 1. The monoisotopic (exact) mass is 222 g/mol. The summed E-state index contributed by atoms with van der Waals surface area (Å²) >= 11 is 5.63. The Labute approximate surface area is 80.5 Å². The van der Waals surface area contributed by atoms with E-state index in [2.05, 4.69) is 4.98 Å². The molecule has 0 aromatic carbocycles. The van der Waals surface area contributed by atoms with Crippen LogP contribution in [0.25, 0.3) is 0 Å². The molecule has 1 heterocycles. The maximum absolute atomic E-state index is 10.8. The molecule has 72 valence electrons. The van der Waals surface area contributed by atoms with Gasteiger partial charge in [-0.15, -0.1) is 0 Å². The molecule has 5 nitrogen and oxygen atoms in total. The van der Waals surface area contributed by atoms with Gasteiger partial charge in [0.25, 0.3) is 0 Å². The second-order valence-electron chi connectivity index (χ2n) is 2.21. The third kappa shape index (κ3) is 2.30. The highest BCUT2D eigenvalue weighted by Crippen LogP contribution is 2.23. The molecule has 0 fully saturated rings. The topological polar surface area (TPSA) is 82.3 Å². The zero-order valence-electron chi connectivity index (χ0n) is 6.69. The normalized spacial score (nSPS) is 11.3. The Hall–Kier alpha value is -0.850. The van der Waals surface area contributed by atoms with Crippen LogP contribution in [0.1, 0.15) is 0 Å². The summed E-state index contributed by atoms with van der Waals surface area (Å²) in [5.41, 5.74) is 0. The number of pyridine rings is 1. The lowest BCUT2D eigenvalue weighted by atomic mass is 10.5. The van der Waals surface area contributed by atoms with Gasteiger partial charge in [-0.25, -0.2) is 18.5 Å². The minimum Gasteiger partial charge on any atom is -0.480 e. The van der Waals surface area contributed by atoms with Crippen molar-refractivity contribution in [2.45, 2.75) is 4.90 Å². The Bertz CT molecular complexity index is 418. The molecule has 2 N–H and O–H groups in total. The van der Waals surface area contributed by atoms with Crippen molar-refractivity contribution in [2.24, 2.45) is 5.14 Å². The van der Waals surface area contributed by atoms with Gasteiger partial charge < -0.3 is 4.74 Å². The van der Waals surface area contributed by atoms with Crippen LogP contribution in [0.4, 0.5) is 0 Å². The van der Waals surface area contributed by atoms with Crippen LogP contribution < -0.4 is 9.88 Å². The average Bonchev–Trinajstić information content (AvgIpc) is 2.02.